The molecule has 2 atom stereocenters. The third-order valence-corrected chi connectivity index (χ3v) is 6.65. The highest BCUT2D eigenvalue weighted by atomic mass is 32.1. The van der Waals surface area contributed by atoms with Gasteiger partial charge in [0.05, 0.1) is 17.6 Å². The number of ketones is 1. The molecule has 2 aromatic rings. The van der Waals surface area contributed by atoms with Crippen molar-refractivity contribution in [2.24, 2.45) is 0 Å². The Morgan fingerprint density at radius 1 is 1.23 bits per heavy atom. The fourth-order valence-corrected chi connectivity index (χ4v) is 5.10. The molecule has 1 aliphatic carbocycles. The van der Waals surface area contributed by atoms with Crippen LogP contribution < -0.4 is 5.32 Å². The number of carbonyl (C=O) groups excluding carboxylic acids is 2. The van der Waals surface area contributed by atoms with Crippen molar-refractivity contribution in [3.05, 3.63) is 84.9 Å². The Bertz CT molecular complexity index is 1080. The van der Waals surface area contributed by atoms with Crippen LogP contribution in [0, 0.1) is 10.1 Å². The largest absolute Gasteiger partial charge is 0.466 e. The molecule has 2 aliphatic rings. The number of nitrogens with zero attached hydrogens (tertiary/aromatic N) is 1. The summed E-state index contributed by atoms with van der Waals surface area (Å²) >= 11 is 1.63. The van der Waals surface area contributed by atoms with E-state index in [1.54, 1.807) is 30.4 Å². The zero-order valence-electron chi connectivity index (χ0n) is 16.5. The topological polar surface area (TPSA) is 98.5 Å². The first kappa shape index (κ1) is 20.0. The highest BCUT2D eigenvalue weighted by molar-refractivity contribution is 7.10. The molecule has 154 valence electrons. The van der Waals surface area contributed by atoms with Crippen LogP contribution in [0.1, 0.15) is 42.0 Å². The number of non-ortho nitro benzene ring substituents is 1. The number of rotatable bonds is 4. The Labute approximate surface area is 177 Å². The number of nitrogens with one attached hydrogen (secondary N) is 1. The van der Waals surface area contributed by atoms with Gasteiger partial charge >= 0.3 is 5.97 Å². The summed E-state index contributed by atoms with van der Waals surface area (Å²) < 4.78 is 4.99. The molecular formula is C22H20N2O5S. The summed E-state index contributed by atoms with van der Waals surface area (Å²) in [5, 5.41) is 16.3. The van der Waals surface area contributed by atoms with Gasteiger partial charge in [0.2, 0.25) is 0 Å². The molecule has 1 aromatic carbocycles. The van der Waals surface area contributed by atoms with Crippen LogP contribution in [0.3, 0.4) is 0 Å². The number of Topliss-reactive ketones (excluding diaryl/α,β-unsaturated/α-hetero) is 1. The number of hydrogen-bond acceptors (Lipinski definition) is 7. The minimum atomic E-state index is -0.619. The van der Waals surface area contributed by atoms with Gasteiger partial charge in [-0.1, -0.05) is 18.2 Å². The maximum atomic E-state index is 13.3. The lowest BCUT2D eigenvalue weighted by Gasteiger charge is -2.36. The molecule has 0 radical (unpaired) electrons. The number of thiophene rings is 1. The summed E-state index contributed by atoms with van der Waals surface area (Å²) in [5.41, 5.74) is 2.93. The molecule has 7 nitrogen and oxygen atoms in total. The molecule has 0 spiro atoms. The molecule has 2 heterocycles. The maximum Gasteiger partial charge on any atom is 0.336 e. The van der Waals surface area contributed by atoms with Crippen LogP contribution in [0.5, 0.6) is 0 Å². The molecule has 0 fully saturated rings. The molecule has 0 bridgehead atoms. The van der Waals surface area contributed by atoms with Crippen molar-refractivity contribution in [3.63, 3.8) is 0 Å². The number of esters is 1. The van der Waals surface area contributed by atoms with Gasteiger partial charge in [0.1, 0.15) is 0 Å². The monoisotopic (exact) mass is 424 g/mol. The standard InChI is InChI=1S/C22H20N2O5S/c1-12-19(22(26)29-2)20(13-5-7-15(8-6-13)24(27)28)21-16(23-12)10-14(11-17(21)25)18-4-3-9-30-18/h3-9,14,20,23H,10-11H2,1-2H3. The van der Waals surface area contributed by atoms with Gasteiger partial charge in [-0.05, 0) is 30.4 Å². The van der Waals surface area contributed by atoms with Gasteiger partial charge in [0, 0.05) is 52.2 Å². The number of methoxy groups -OCH3 is 1. The minimum Gasteiger partial charge on any atom is -0.466 e. The van der Waals surface area contributed by atoms with E-state index in [0.29, 0.717) is 35.2 Å². The van der Waals surface area contributed by atoms with E-state index in [9.17, 15) is 19.7 Å². The van der Waals surface area contributed by atoms with Crippen molar-refractivity contribution >= 4 is 28.8 Å². The van der Waals surface area contributed by atoms with Crippen molar-refractivity contribution in [2.75, 3.05) is 7.11 Å². The van der Waals surface area contributed by atoms with Gasteiger partial charge in [0.25, 0.3) is 5.69 Å². The smallest absolute Gasteiger partial charge is 0.336 e. The molecule has 8 heteroatoms. The summed E-state index contributed by atoms with van der Waals surface area (Å²) in [5.74, 6) is -1.08. The predicted molar refractivity (Wildman–Crippen MR) is 112 cm³/mol. The van der Waals surface area contributed by atoms with Crippen molar-refractivity contribution < 1.29 is 19.2 Å². The molecule has 0 saturated heterocycles. The molecule has 1 N–H and O–H groups in total. The lowest BCUT2D eigenvalue weighted by atomic mass is 9.72. The molecule has 1 aromatic heterocycles. The number of ether oxygens (including phenoxy) is 1. The van der Waals surface area contributed by atoms with Gasteiger partial charge in [-0.3, -0.25) is 14.9 Å². The molecule has 30 heavy (non-hydrogen) atoms. The normalized spacial score (nSPS) is 21.2. The summed E-state index contributed by atoms with van der Waals surface area (Å²) in [6, 6.07) is 10.0. The molecule has 4 rings (SSSR count). The Kier molecular flexibility index (Phi) is 5.26. The van der Waals surface area contributed by atoms with Crippen molar-refractivity contribution in [1.29, 1.82) is 0 Å². The number of carbonyl (C=O) groups is 2. The van der Waals surface area contributed by atoms with Gasteiger partial charge < -0.3 is 10.1 Å². The average Bonchev–Trinajstić information content (AvgIpc) is 3.27. The maximum absolute atomic E-state index is 13.3. The first-order chi connectivity index (χ1) is 14.4. The van der Waals surface area contributed by atoms with Crippen LogP contribution in [0.4, 0.5) is 5.69 Å². The highest BCUT2D eigenvalue weighted by Crippen LogP contribution is 2.46. The number of hydrogen-bond donors (Lipinski definition) is 1. The molecule has 0 amide bonds. The van der Waals surface area contributed by atoms with E-state index in [-0.39, 0.29) is 17.4 Å². The van der Waals surface area contributed by atoms with Gasteiger partial charge in [-0.25, -0.2) is 4.79 Å². The minimum absolute atomic E-state index is 0.0283. The number of benzene rings is 1. The lowest BCUT2D eigenvalue weighted by Crippen LogP contribution is -2.35. The van der Waals surface area contributed by atoms with E-state index < -0.39 is 16.8 Å². The van der Waals surface area contributed by atoms with Gasteiger partial charge in [-0.15, -0.1) is 11.3 Å². The average molecular weight is 424 g/mol. The Hall–Kier alpha value is -3.26. The van der Waals surface area contributed by atoms with E-state index in [1.165, 1.54) is 19.2 Å². The lowest BCUT2D eigenvalue weighted by molar-refractivity contribution is -0.384. The van der Waals surface area contributed by atoms with Crippen LogP contribution in [0.25, 0.3) is 0 Å². The predicted octanol–water partition coefficient (Wildman–Crippen LogP) is 4.19. The summed E-state index contributed by atoms with van der Waals surface area (Å²) in [7, 11) is 1.30. The zero-order valence-corrected chi connectivity index (χ0v) is 17.3. The van der Waals surface area contributed by atoms with Crippen LogP contribution >= 0.6 is 11.3 Å². The van der Waals surface area contributed by atoms with Crippen molar-refractivity contribution in [2.45, 2.75) is 31.6 Å². The van der Waals surface area contributed by atoms with Crippen molar-refractivity contribution in [1.82, 2.24) is 5.32 Å². The van der Waals surface area contributed by atoms with Crippen molar-refractivity contribution in [3.8, 4) is 0 Å². The molecular weight excluding hydrogens is 404 g/mol. The van der Waals surface area contributed by atoms with Crippen LogP contribution in [-0.2, 0) is 14.3 Å². The fourth-order valence-electron chi connectivity index (χ4n) is 4.27. The zero-order chi connectivity index (χ0) is 21.4. The second-order valence-corrected chi connectivity index (χ2v) is 8.35. The van der Waals surface area contributed by atoms with E-state index in [1.807, 2.05) is 17.5 Å². The number of allylic oxidation sites excluding steroid dienone is 3. The number of nitro groups is 1. The van der Waals surface area contributed by atoms with Gasteiger partial charge in [-0.2, -0.15) is 0 Å². The quantitative estimate of drug-likeness (QED) is 0.449. The number of dihydropyridines is 1. The molecule has 1 aliphatic heterocycles. The van der Waals surface area contributed by atoms with E-state index in [2.05, 4.69) is 5.32 Å². The second-order valence-electron chi connectivity index (χ2n) is 7.37. The van der Waals surface area contributed by atoms with E-state index >= 15 is 0 Å². The third kappa shape index (κ3) is 3.43. The third-order valence-electron chi connectivity index (χ3n) is 5.62. The van der Waals surface area contributed by atoms with Gasteiger partial charge in [0.15, 0.2) is 5.78 Å². The molecule has 0 saturated carbocycles. The highest BCUT2D eigenvalue weighted by Gasteiger charge is 2.41. The summed E-state index contributed by atoms with van der Waals surface area (Å²) in [4.78, 5) is 37.6. The van der Waals surface area contributed by atoms with Crippen LogP contribution in [0.15, 0.2) is 64.3 Å². The Morgan fingerprint density at radius 3 is 2.57 bits per heavy atom. The Morgan fingerprint density at radius 2 is 1.97 bits per heavy atom. The van der Waals surface area contributed by atoms with Crippen LogP contribution in [0.2, 0.25) is 0 Å². The van der Waals surface area contributed by atoms with Crippen LogP contribution in [-0.4, -0.2) is 23.8 Å². The first-order valence-corrected chi connectivity index (χ1v) is 10.4. The first-order valence-electron chi connectivity index (χ1n) is 9.50. The van der Waals surface area contributed by atoms with E-state index in [4.69, 9.17) is 4.74 Å². The fraction of sp³-hybridized carbons (Fsp3) is 0.273. The Balaban J connectivity index is 1.81. The van der Waals surface area contributed by atoms with E-state index in [0.717, 1.165) is 10.6 Å². The summed E-state index contributed by atoms with van der Waals surface area (Å²) in [6.45, 7) is 1.79. The molecule has 2 unspecified atom stereocenters. The SMILES string of the molecule is COC(=O)C1=C(C)NC2=C(C(=O)CC(c3cccs3)C2)C1c1ccc([N+](=O)[O-])cc1. The summed E-state index contributed by atoms with van der Waals surface area (Å²) in [6.07, 6.45) is 1.02. The second kappa shape index (κ2) is 7.87. The number of nitro benzene ring substituents is 1.